The fourth-order valence-electron chi connectivity index (χ4n) is 1.27. The molecule has 1 aromatic rings. The van der Waals surface area contributed by atoms with Crippen LogP contribution in [-0.4, -0.2) is 11.5 Å². The Hall–Kier alpha value is -1.79. The van der Waals surface area contributed by atoms with Gasteiger partial charge in [-0.2, -0.15) is 13.2 Å². The lowest BCUT2D eigenvalue weighted by molar-refractivity contribution is -0.384. The van der Waals surface area contributed by atoms with E-state index < -0.39 is 16.7 Å². The molecule has 94 valence electrons. The number of benzene rings is 1. The molecule has 1 rings (SSSR count). The zero-order chi connectivity index (χ0) is 13.1. The molecule has 0 fully saturated rings. The summed E-state index contributed by atoms with van der Waals surface area (Å²) in [5, 5.41) is 13.2. The first kappa shape index (κ1) is 13.3. The Labute approximate surface area is 95.6 Å². The fraction of sp³-hybridized carbons (Fsp3) is 0.400. The van der Waals surface area contributed by atoms with E-state index in [2.05, 4.69) is 5.32 Å². The minimum atomic E-state index is -4.50. The predicted octanol–water partition coefficient (Wildman–Crippen LogP) is 3.44. The maximum Gasteiger partial charge on any atom is 0.416 e. The highest BCUT2D eigenvalue weighted by Gasteiger charge is 2.32. The standard InChI is InChI=1S/C10H11F3N2O2/c1-2-5-14-8-6-7(10(11,12)13)3-4-9(8)15(16)17/h3-4,6,14H,2,5H2,1H3. The zero-order valence-corrected chi connectivity index (χ0v) is 9.04. The van der Waals surface area contributed by atoms with Crippen LogP contribution in [0.5, 0.6) is 0 Å². The average Bonchev–Trinajstić information content (AvgIpc) is 2.24. The number of alkyl halides is 3. The normalized spacial score (nSPS) is 11.3. The van der Waals surface area contributed by atoms with Crippen molar-refractivity contribution in [3.8, 4) is 0 Å². The van der Waals surface area contributed by atoms with Gasteiger partial charge < -0.3 is 5.32 Å². The van der Waals surface area contributed by atoms with Gasteiger partial charge in [0.15, 0.2) is 0 Å². The van der Waals surface area contributed by atoms with Gasteiger partial charge in [0.05, 0.1) is 10.5 Å². The van der Waals surface area contributed by atoms with E-state index in [-0.39, 0.29) is 11.4 Å². The maximum atomic E-state index is 12.4. The molecule has 1 aromatic carbocycles. The van der Waals surface area contributed by atoms with Crippen LogP contribution in [0.2, 0.25) is 0 Å². The summed E-state index contributed by atoms with van der Waals surface area (Å²) < 4.78 is 37.3. The van der Waals surface area contributed by atoms with Crippen LogP contribution in [0.1, 0.15) is 18.9 Å². The van der Waals surface area contributed by atoms with Crippen molar-refractivity contribution < 1.29 is 18.1 Å². The van der Waals surface area contributed by atoms with Gasteiger partial charge in [0, 0.05) is 12.6 Å². The van der Waals surface area contributed by atoms with E-state index >= 15 is 0 Å². The van der Waals surface area contributed by atoms with E-state index in [1.165, 1.54) is 0 Å². The molecule has 0 aromatic heterocycles. The van der Waals surface area contributed by atoms with Crippen molar-refractivity contribution in [3.63, 3.8) is 0 Å². The van der Waals surface area contributed by atoms with Crippen molar-refractivity contribution in [2.75, 3.05) is 11.9 Å². The molecular formula is C10H11F3N2O2. The second-order valence-corrected chi connectivity index (χ2v) is 3.41. The van der Waals surface area contributed by atoms with Crippen molar-refractivity contribution in [1.82, 2.24) is 0 Å². The third-order valence-corrected chi connectivity index (χ3v) is 2.09. The van der Waals surface area contributed by atoms with Gasteiger partial charge in [-0.05, 0) is 18.6 Å². The van der Waals surface area contributed by atoms with Crippen molar-refractivity contribution in [3.05, 3.63) is 33.9 Å². The minimum absolute atomic E-state index is 0.105. The van der Waals surface area contributed by atoms with Gasteiger partial charge in [-0.1, -0.05) is 6.92 Å². The summed E-state index contributed by atoms with van der Waals surface area (Å²) in [6.07, 6.45) is -3.84. The van der Waals surface area contributed by atoms with E-state index in [4.69, 9.17) is 0 Å². The lowest BCUT2D eigenvalue weighted by Crippen LogP contribution is -2.08. The number of nitro benzene ring substituents is 1. The summed E-state index contributed by atoms with van der Waals surface area (Å²) in [4.78, 5) is 9.92. The molecule has 4 nitrogen and oxygen atoms in total. The van der Waals surface area contributed by atoms with Gasteiger partial charge in [-0.3, -0.25) is 10.1 Å². The molecule has 0 atom stereocenters. The van der Waals surface area contributed by atoms with E-state index in [1.807, 2.05) is 6.92 Å². The van der Waals surface area contributed by atoms with Crippen LogP contribution < -0.4 is 5.32 Å². The van der Waals surface area contributed by atoms with Crippen LogP contribution >= 0.6 is 0 Å². The van der Waals surface area contributed by atoms with Crippen molar-refractivity contribution in [2.24, 2.45) is 0 Å². The molecule has 7 heteroatoms. The number of anilines is 1. The Morgan fingerprint density at radius 2 is 2.06 bits per heavy atom. The summed E-state index contributed by atoms with van der Waals surface area (Å²) >= 11 is 0. The molecule has 0 bridgehead atoms. The minimum Gasteiger partial charge on any atom is -0.379 e. The predicted molar refractivity (Wildman–Crippen MR) is 56.9 cm³/mol. The molecule has 0 amide bonds. The summed E-state index contributed by atoms with van der Waals surface area (Å²) in [6, 6.07) is 2.32. The molecule has 0 heterocycles. The van der Waals surface area contributed by atoms with E-state index in [9.17, 15) is 23.3 Å². The monoisotopic (exact) mass is 248 g/mol. The Balaban J connectivity index is 3.14. The summed E-state index contributed by atoms with van der Waals surface area (Å²) in [6.45, 7) is 2.19. The lowest BCUT2D eigenvalue weighted by atomic mass is 10.1. The molecule has 0 aliphatic heterocycles. The quantitative estimate of drug-likeness (QED) is 0.656. The number of halogens is 3. The van der Waals surface area contributed by atoms with Crippen LogP contribution in [-0.2, 0) is 6.18 Å². The third kappa shape index (κ3) is 3.33. The second kappa shape index (κ2) is 5.03. The fourth-order valence-corrected chi connectivity index (χ4v) is 1.27. The molecule has 0 radical (unpaired) electrons. The van der Waals surface area contributed by atoms with Crippen LogP contribution in [0.3, 0.4) is 0 Å². The van der Waals surface area contributed by atoms with Gasteiger partial charge in [-0.15, -0.1) is 0 Å². The number of nitrogens with zero attached hydrogens (tertiary/aromatic N) is 1. The van der Waals surface area contributed by atoms with E-state index in [0.717, 1.165) is 12.1 Å². The largest absolute Gasteiger partial charge is 0.416 e. The molecule has 17 heavy (non-hydrogen) atoms. The number of hydrogen-bond donors (Lipinski definition) is 1. The van der Waals surface area contributed by atoms with Crippen molar-refractivity contribution in [2.45, 2.75) is 19.5 Å². The van der Waals surface area contributed by atoms with Crippen LogP contribution in [0.4, 0.5) is 24.5 Å². The highest BCUT2D eigenvalue weighted by molar-refractivity contribution is 5.63. The van der Waals surface area contributed by atoms with Crippen LogP contribution in [0, 0.1) is 10.1 Å². The SMILES string of the molecule is CCCNc1cc(C(F)(F)F)ccc1[N+](=O)[O-]. The van der Waals surface area contributed by atoms with Gasteiger partial charge >= 0.3 is 6.18 Å². The average molecular weight is 248 g/mol. The van der Waals surface area contributed by atoms with Crippen molar-refractivity contribution in [1.29, 1.82) is 0 Å². The van der Waals surface area contributed by atoms with E-state index in [1.54, 1.807) is 0 Å². The van der Waals surface area contributed by atoms with Gasteiger partial charge in [0.1, 0.15) is 5.69 Å². The molecule has 0 aliphatic rings. The first-order valence-electron chi connectivity index (χ1n) is 4.95. The molecule has 0 saturated heterocycles. The first-order chi connectivity index (χ1) is 7.86. The summed E-state index contributed by atoms with van der Waals surface area (Å²) in [7, 11) is 0. The highest BCUT2D eigenvalue weighted by atomic mass is 19.4. The smallest absolute Gasteiger partial charge is 0.379 e. The zero-order valence-electron chi connectivity index (χ0n) is 9.04. The molecular weight excluding hydrogens is 237 g/mol. The number of hydrogen-bond acceptors (Lipinski definition) is 3. The van der Waals surface area contributed by atoms with E-state index in [0.29, 0.717) is 19.0 Å². The van der Waals surface area contributed by atoms with Crippen LogP contribution in [0.15, 0.2) is 18.2 Å². The third-order valence-electron chi connectivity index (χ3n) is 2.09. The van der Waals surface area contributed by atoms with Gasteiger partial charge in [0.25, 0.3) is 5.69 Å². The summed E-state index contributed by atoms with van der Waals surface area (Å²) in [5.74, 6) is 0. The second-order valence-electron chi connectivity index (χ2n) is 3.41. The summed E-state index contributed by atoms with van der Waals surface area (Å²) in [5.41, 5.74) is -1.36. The highest BCUT2D eigenvalue weighted by Crippen LogP contribution is 2.34. The maximum absolute atomic E-state index is 12.4. The lowest BCUT2D eigenvalue weighted by Gasteiger charge is -2.10. The number of rotatable bonds is 4. The van der Waals surface area contributed by atoms with Crippen molar-refractivity contribution >= 4 is 11.4 Å². The first-order valence-corrected chi connectivity index (χ1v) is 4.95. The topological polar surface area (TPSA) is 55.2 Å². The van der Waals surface area contributed by atoms with Gasteiger partial charge in [-0.25, -0.2) is 0 Å². The van der Waals surface area contributed by atoms with Crippen LogP contribution in [0.25, 0.3) is 0 Å². The number of nitro groups is 1. The Bertz CT molecular complexity index is 419. The molecule has 0 unspecified atom stereocenters. The molecule has 1 N–H and O–H groups in total. The number of nitrogens with one attached hydrogen (secondary N) is 1. The Kier molecular flexibility index (Phi) is 3.93. The molecule has 0 spiro atoms. The molecule has 0 aliphatic carbocycles. The van der Waals surface area contributed by atoms with Gasteiger partial charge in [0.2, 0.25) is 0 Å². The Morgan fingerprint density at radius 1 is 1.41 bits per heavy atom. The Morgan fingerprint density at radius 3 is 2.53 bits per heavy atom. The molecule has 0 saturated carbocycles.